The van der Waals surface area contributed by atoms with Crippen molar-refractivity contribution in [3.63, 3.8) is 0 Å². The zero-order chi connectivity index (χ0) is 21.6. The number of rotatable bonds is 9. The Morgan fingerprint density at radius 1 is 1.21 bits per heavy atom. The molecule has 9 nitrogen and oxygen atoms in total. The van der Waals surface area contributed by atoms with Crippen molar-refractivity contribution in [2.45, 2.75) is 37.8 Å². The number of nitrogens with one attached hydrogen (secondary N) is 1. The molecule has 0 radical (unpaired) electrons. The highest BCUT2D eigenvalue weighted by Gasteiger charge is 2.36. The highest BCUT2D eigenvalue weighted by atomic mass is 32.2. The van der Waals surface area contributed by atoms with Crippen molar-refractivity contribution < 1.29 is 23.2 Å². The number of nitrogens with two attached hydrogens (primary N) is 1. The maximum absolute atomic E-state index is 13.4. The van der Waals surface area contributed by atoms with Crippen LogP contribution in [0.15, 0.2) is 53.7 Å². The van der Waals surface area contributed by atoms with Crippen molar-refractivity contribution in [2.24, 2.45) is 11.7 Å². The molecular weight excluding hydrogens is 396 g/mol. The summed E-state index contributed by atoms with van der Waals surface area (Å²) in [5.74, 6) is -1.54. The van der Waals surface area contributed by atoms with Crippen LogP contribution in [0.5, 0.6) is 0 Å². The number of amides is 2. The van der Waals surface area contributed by atoms with Crippen LogP contribution in [-0.4, -0.2) is 40.8 Å². The zero-order valence-corrected chi connectivity index (χ0v) is 17.0. The van der Waals surface area contributed by atoms with Gasteiger partial charge in [0.2, 0.25) is 15.9 Å². The summed E-state index contributed by atoms with van der Waals surface area (Å²) in [6, 6.07) is 7.33. The van der Waals surface area contributed by atoms with Gasteiger partial charge in [-0.1, -0.05) is 19.9 Å². The van der Waals surface area contributed by atoms with Gasteiger partial charge in [0.15, 0.2) is 0 Å². The summed E-state index contributed by atoms with van der Waals surface area (Å²) in [6.45, 7) is 3.56. The third kappa shape index (κ3) is 5.59. The number of pyridine rings is 1. The summed E-state index contributed by atoms with van der Waals surface area (Å²) in [4.78, 5) is 27.5. The van der Waals surface area contributed by atoms with Gasteiger partial charge >= 0.3 is 0 Å². The van der Waals surface area contributed by atoms with E-state index >= 15 is 0 Å². The molecule has 0 spiro atoms. The van der Waals surface area contributed by atoms with Gasteiger partial charge in [-0.3, -0.25) is 19.8 Å². The Morgan fingerprint density at radius 3 is 2.34 bits per heavy atom. The molecule has 0 saturated heterocycles. The van der Waals surface area contributed by atoms with E-state index < -0.39 is 27.9 Å². The van der Waals surface area contributed by atoms with E-state index in [0.717, 1.165) is 4.31 Å². The molecule has 10 heteroatoms. The van der Waals surface area contributed by atoms with Crippen LogP contribution in [0.25, 0.3) is 0 Å². The van der Waals surface area contributed by atoms with Crippen LogP contribution < -0.4 is 11.2 Å². The van der Waals surface area contributed by atoms with Gasteiger partial charge in [0, 0.05) is 24.5 Å². The fourth-order valence-corrected chi connectivity index (χ4v) is 4.42. The number of hydroxylamine groups is 1. The first kappa shape index (κ1) is 22.5. The summed E-state index contributed by atoms with van der Waals surface area (Å²) < 4.78 is 27.8. The first-order valence-corrected chi connectivity index (χ1v) is 10.4. The largest absolute Gasteiger partial charge is 0.366 e. The smallest absolute Gasteiger partial charge is 0.261 e. The molecular formula is C19H24N4O5S. The second-order valence-electron chi connectivity index (χ2n) is 6.92. The minimum Gasteiger partial charge on any atom is -0.366 e. The monoisotopic (exact) mass is 420 g/mol. The number of nitrogens with zero attached hydrogens (tertiary/aromatic N) is 2. The molecule has 0 saturated carbocycles. The lowest BCUT2D eigenvalue weighted by Crippen LogP contribution is -2.49. The Bertz CT molecular complexity index is 946. The SMILES string of the molecule is CC(C)C[C@H](C(=O)NO)N(Cc1cccnc1)S(=O)(=O)c1ccc(C(N)=O)cc1. The van der Waals surface area contributed by atoms with E-state index in [9.17, 15) is 23.2 Å². The molecule has 1 atom stereocenters. The van der Waals surface area contributed by atoms with Crippen LogP contribution in [0, 0.1) is 5.92 Å². The van der Waals surface area contributed by atoms with E-state index in [1.54, 1.807) is 23.8 Å². The summed E-state index contributed by atoms with van der Waals surface area (Å²) in [5.41, 5.74) is 7.51. The fraction of sp³-hybridized carbons (Fsp3) is 0.316. The summed E-state index contributed by atoms with van der Waals surface area (Å²) in [6.07, 6.45) is 3.24. The van der Waals surface area contributed by atoms with E-state index in [2.05, 4.69) is 4.98 Å². The summed E-state index contributed by atoms with van der Waals surface area (Å²) in [5, 5.41) is 9.18. The quantitative estimate of drug-likeness (QED) is 0.412. The first-order chi connectivity index (χ1) is 13.7. The number of hydrogen-bond donors (Lipinski definition) is 3. The van der Waals surface area contributed by atoms with Crippen molar-refractivity contribution in [3.05, 3.63) is 59.9 Å². The number of primary amides is 1. The number of carbonyl (C=O) groups is 2. The molecule has 0 aliphatic carbocycles. The molecule has 2 rings (SSSR count). The van der Waals surface area contributed by atoms with E-state index in [1.165, 1.54) is 30.5 Å². The highest BCUT2D eigenvalue weighted by molar-refractivity contribution is 7.89. The van der Waals surface area contributed by atoms with Gasteiger partial charge in [-0.15, -0.1) is 0 Å². The molecule has 0 aliphatic rings. The molecule has 0 bridgehead atoms. The Hall–Kier alpha value is -2.82. The van der Waals surface area contributed by atoms with Crippen LogP contribution in [-0.2, 0) is 21.4 Å². The lowest BCUT2D eigenvalue weighted by atomic mass is 10.0. The van der Waals surface area contributed by atoms with Gasteiger partial charge in [0.05, 0.1) is 4.90 Å². The molecule has 2 amide bonds. The van der Waals surface area contributed by atoms with Crippen molar-refractivity contribution in [2.75, 3.05) is 0 Å². The molecule has 4 N–H and O–H groups in total. The van der Waals surface area contributed by atoms with Gasteiger partial charge in [-0.25, -0.2) is 13.9 Å². The average molecular weight is 420 g/mol. The third-order valence-corrected chi connectivity index (χ3v) is 6.13. The molecule has 0 aliphatic heterocycles. The van der Waals surface area contributed by atoms with Gasteiger partial charge in [0.25, 0.3) is 5.91 Å². The van der Waals surface area contributed by atoms with E-state index in [-0.39, 0.29) is 29.3 Å². The van der Waals surface area contributed by atoms with Gasteiger partial charge in [0.1, 0.15) is 6.04 Å². The van der Waals surface area contributed by atoms with Crippen molar-refractivity contribution in [1.29, 1.82) is 0 Å². The van der Waals surface area contributed by atoms with Crippen molar-refractivity contribution in [1.82, 2.24) is 14.8 Å². The Labute approximate surface area is 169 Å². The number of carbonyl (C=O) groups excluding carboxylic acids is 2. The minimum atomic E-state index is -4.16. The van der Waals surface area contributed by atoms with E-state index in [0.29, 0.717) is 5.56 Å². The maximum Gasteiger partial charge on any atom is 0.261 e. The van der Waals surface area contributed by atoms with Crippen molar-refractivity contribution in [3.8, 4) is 0 Å². The maximum atomic E-state index is 13.4. The van der Waals surface area contributed by atoms with Crippen molar-refractivity contribution >= 4 is 21.8 Å². The normalized spacial score (nSPS) is 12.7. The highest BCUT2D eigenvalue weighted by Crippen LogP contribution is 2.25. The predicted octanol–water partition coefficient (Wildman–Crippen LogP) is 1.29. The lowest BCUT2D eigenvalue weighted by Gasteiger charge is -2.30. The Morgan fingerprint density at radius 2 is 1.86 bits per heavy atom. The topological polar surface area (TPSA) is 143 Å². The fourth-order valence-electron chi connectivity index (χ4n) is 2.84. The number of aromatic nitrogens is 1. The molecule has 1 aromatic heterocycles. The summed E-state index contributed by atoms with van der Waals surface area (Å²) >= 11 is 0. The van der Waals surface area contributed by atoms with E-state index in [4.69, 9.17) is 5.73 Å². The van der Waals surface area contributed by atoms with Gasteiger partial charge in [-0.2, -0.15) is 4.31 Å². The third-order valence-electron chi connectivity index (χ3n) is 4.26. The second kappa shape index (κ2) is 9.59. The molecule has 0 fully saturated rings. The molecule has 1 aromatic carbocycles. The zero-order valence-electron chi connectivity index (χ0n) is 16.1. The Kier molecular flexibility index (Phi) is 7.43. The number of sulfonamides is 1. The van der Waals surface area contributed by atoms with Gasteiger partial charge < -0.3 is 5.73 Å². The van der Waals surface area contributed by atoms with Crippen LogP contribution in [0.1, 0.15) is 36.2 Å². The predicted molar refractivity (Wildman–Crippen MR) is 105 cm³/mol. The second-order valence-corrected chi connectivity index (χ2v) is 8.81. The standard InChI is InChI=1S/C19H24N4O5S/c1-13(2)10-17(19(25)22-26)23(12-14-4-3-9-21-11-14)29(27,28)16-7-5-15(6-8-16)18(20)24/h3-9,11,13,17,26H,10,12H2,1-2H3,(H2,20,24)(H,22,25)/t17-/m1/s1. The molecule has 156 valence electrons. The number of benzene rings is 1. The minimum absolute atomic E-state index is 0.0267. The van der Waals surface area contributed by atoms with Crippen LogP contribution >= 0.6 is 0 Å². The summed E-state index contributed by atoms with van der Waals surface area (Å²) in [7, 11) is -4.16. The average Bonchev–Trinajstić information content (AvgIpc) is 2.70. The molecule has 1 heterocycles. The van der Waals surface area contributed by atoms with Crippen LogP contribution in [0.2, 0.25) is 0 Å². The molecule has 2 aromatic rings. The van der Waals surface area contributed by atoms with E-state index in [1.807, 2.05) is 13.8 Å². The first-order valence-electron chi connectivity index (χ1n) is 8.91. The number of hydrogen-bond acceptors (Lipinski definition) is 6. The molecule has 29 heavy (non-hydrogen) atoms. The lowest BCUT2D eigenvalue weighted by molar-refractivity contribution is -0.133. The molecule has 0 unspecified atom stereocenters. The van der Waals surface area contributed by atoms with Crippen LogP contribution in [0.3, 0.4) is 0 Å². The van der Waals surface area contributed by atoms with Crippen LogP contribution in [0.4, 0.5) is 0 Å². The Balaban J connectivity index is 2.54. The van der Waals surface area contributed by atoms with Gasteiger partial charge in [-0.05, 0) is 48.2 Å².